The molecule has 8 heteroatoms. The summed E-state index contributed by atoms with van der Waals surface area (Å²) in [6.45, 7) is 6.16. The average molecular weight is 631 g/mol. The average Bonchev–Trinajstić information content (AvgIpc) is 3.06. The predicted octanol–water partition coefficient (Wildman–Crippen LogP) is 7.05. The van der Waals surface area contributed by atoms with Crippen molar-refractivity contribution in [1.29, 1.82) is 0 Å². The number of carbonyl (C=O) groups is 2. The zero-order chi connectivity index (χ0) is 33.9. The Morgan fingerprint density at radius 2 is 1.66 bits per heavy atom. The van der Waals surface area contributed by atoms with Gasteiger partial charge in [-0.2, -0.15) is 0 Å². The Morgan fingerprint density at radius 1 is 0.979 bits per heavy atom. The minimum Gasteiger partial charge on any atom is -0.478 e. The third-order valence-electron chi connectivity index (χ3n) is 9.07. The summed E-state index contributed by atoms with van der Waals surface area (Å²) < 4.78 is 0. The van der Waals surface area contributed by atoms with E-state index in [1.807, 2.05) is 24.2 Å². The molecular formula is C39H42N4O4. The standard InChI is InChI=1S/C39H42N4O4/c1-5-25(37(44)45)23-33(40)34(41)24-28(38(46)47)15-17-30-21-27(19-20-42(30)4)26-16-18-36-32(22-26)39(2,3)31-13-9-10-14-35(31)43(36)29-11-7-6-8-12-29/h5-9,11-13,15-16,18-24,30H,10,14,17,40-41H2,1-4H3,(H,44,45)(H,46,47)/b25-5+,28-15+,33-23-,34-24-. The number of allylic oxidation sites excluding steroid dienone is 7. The first-order valence-electron chi connectivity index (χ1n) is 15.7. The quantitative estimate of drug-likeness (QED) is 0.171. The largest absolute Gasteiger partial charge is 0.478 e. The van der Waals surface area contributed by atoms with Crippen molar-refractivity contribution >= 4 is 28.9 Å². The molecule has 2 aliphatic heterocycles. The number of nitrogens with two attached hydrogens (primary N) is 2. The molecule has 0 saturated heterocycles. The lowest BCUT2D eigenvalue weighted by Gasteiger charge is -2.44. The van der Waals surface area contributed by atoms with E-state index in [2.05, 4.69) is 85.5 Å². The number of rotatable bonds is 9. The molecule has 8 nitrogen and oxygen atoms in total. The number of carboxylic acid groups (broad SMARTS) is 2. The van der Waals surface area contributed by atoms with Gasteiger partial charge in [0.25, 0.3) is 0 Å². The van der Waals surface area contributed by atoms with Crippen LogP contribution in [0.25, 0.3) is 5.57 Å². The second kappa shape index (κ2) is 13.5. The summed E-state index contributed by atoms with van der Waals surface area (Å²) in [5, 5.41) is 19.2. The molecule has 5 rings (SSSR count). The Kier molecular flexibility index (Phi) is 9.42. The Bertz CT molecular complexity index is 1840. The van der Waals surface area contributed by atoms with E-state index in [-0.39, 0.29) is 34.0 Å². The Labute approximate surface area is 276 Å². The van der Waals surface area contributed by atoms with E-state index in [0.29, 0.717) is 6.42 Å². The fourth-order valence-electron chi connectivity index (χ4n) is 6.37. The molecule has 0 saturated carbocycles. The van der Waals surface area contributed by atoms with Gasteiger partial charge >= 0.3 is 11.9 Å². The van der Waals surface area contributed by atoms with Gasteiger partial charge in [-0.05, 0) is 97.2 Å². The molecule has 3 aliphatic rings. The highest BCUT2D eigenvalue weighted by molar-refractivity contribution is 5.91. The summed E-state index contributed by atoms with van der Waals surface area (Å²) in [5.74, 6) is -2.31. The molecule has 1 unspecified atom stereocenters. The maximum absolute atomic E-state index is 12.1. The summed E-state index contributed by atoms with van der Waals surface area (Å²) in [6.07, 6.45) is 18.7. The summed E-state index contributed by atoms with van der Waals surface area (Å²) in [4.78, 5) is 27.9. The van der Waals surface area contributed by atoms with Gasteiger partial charge in [-0.1, -0.05) is 68.5 Å². The Balaban J connectivity index is 1.47. The van der Waals surface area contributed by atoms with Gasteiger partial charge in [0.1, 0.15) is 0 Å². The summed E-state index contributed by atoms with van der Waals surface area (Å²) in [5.41, 5.74) is 20.1. The van der Waals surface area contributed by atoms with Crippen LogP contribution in [0.2, 0.25) is 0 Å². The molecule has 0 spiro atoms. The van der Waals surface area contributed by atoms with E-state index in [9.17, 15) is 19.8 Å². The van der Waals surface area contributed by atoms with Crippen LogP contribution in [0.4, 0.5) is 11.4 Å². The van der Waals surface area contributed by atoms with Gasteiger partial charge < -0.3 is 31.5 Å². The number of aliphatic carboxylic acids is 2. The Morgan fingerprint density at radius 3 is 2.32 bits per heavy atom. The van der Waals surface area contributed by atoms with Crippen LogP contribution in [0.1, 0.15) is 51.2 Å². The van der Waals surface area contributed by atoms with Crippen molar-refractivity contribution in [1.82, 2.24) is 4.90 Å². The van der Waals surface area contributed by atoms with Crippen molar-refractivity contribution in [3.8, 4) is 0 Å². The fourth-order valence-corrected chi connectivity index (χ4v) is 6.37. The number of anilines is 2. The van der Waals surface area contributed by atoms with Crippen molar-refractivity contribution in [3.63, 3.8) is 0 Å². The molecule has 2 aromatic carbocycles. The maximum atomic E-state index is 12.1. The van der Waals surface area contributed by atoms with Crippen LogP contribution in [-0.2, 0) is 15.0 Å². The molecular weight excluding hydrogens is 588 g/mol. The number of likely N-dealkylation sites (N-methyl/N-ethyl adjacent to an activating group) is 1. The molecule has 2 aromatic rings. The molecule has 0 fully saturated rings. The third kappa shape index (κ3) is 6.72. The first kappa shape index (κ1) is 32.9. The number of hydrogen-bond acceptors (Lipinski definition) is 6. The predicted molar refractivity (Wildman–Crippen MR) is 188 cm³/mol. The Hall–Kier alpha value is -5.50. The van der Waals surface area contributed by atoms with Crippen molar-refractivity contribution in [2.24, 2.45) is 11.5 Å². The third-order valence-corrected chi connectivity index (χ3v) is 9.07. The van der Waals surface area contributed by atoms with Crippen LogP contribution in [0, 0.1) is 0 Å². The van der Waals surface area contributed by atoms with Crippen LogP contribution in [0.15, 0.2) is 137 Å². The van der Waals surface area contributed by atoms with E-state index in [1.54, 1.807) is 13.0 Å². The molecule has 1 aliphatic carbocycles. The van der Waals surface area contributed by atoms with E-state index < -0.39 is 11.9 Å². The van der Waals surface area contributed by atoms with Gasteiger partial charge in [-0.3, -0.25) is 0 Å². The maximum Gasteiger partial charge on any atom is 0.335 e. The molecule has 47 heavy (non-hydrogen) atoms. The molecule has 2 heterocycles. The molecule has 0 aromatic heterocycles. The van der Waals surface area contributed by atoms with Gasteiger partial charge in [0.2, 0.25) is 0 Å². The minimum atomic E-state index is -1.16. The highest BCUT2D eigenvalue weighted by Gasteiger charge is 2.38. The van der Waals surface area contributed by atoms with Crippen LogP contribution >= 0.6 is 0 Å². The summed E-state index contributed by atoms with van der Waals surface area (Å²) in [6, 6.07) is 17.1. The number of nitrogens with zero attached hydrogens (tertiary/aromatic N) is 2. The van der Waals surface area contributed by atoms with E-state index in [1.165, 1.54) is 40.7 Å². The van der Waals surface area contributed by atoms with Crippen molar-refractivity contribution < 1.29 is 19.8 Å². The first-order valence-corrected chi connectivity index (χ1v) is 15.7. The molecule has 242 valence electrons. The highest BCUT2D eigenvalue weighted by Crippen LogP contribution is 2.51. The van der Waals surface area contributed by atoms with Gasteiger partial charge in [-0.15, -0.1) is 0 Å². The second-order valence-electron chi connectivity index (χ2n) is 12.4. The van der Waals surface area contributed by atoms with E-state index in [0.717, 1.165) is 29.7 Å². The van der Waals surface area contributed by atoms with Crippen molar-refractivity contribution in [2.75, 3.05) is 11.9 Å². The van der Waals surface area contributed by atoms with Gasteiger partial charge in [0.05, 0.1) is 28.6 Å². The molecule has 0 radical (unpaired) electrons. The number of carboxylic acids is 2. The lowest BCUT2D eigenvalue weighted by atomic mass is 9.70. The summed E-state index contributed by atoms with van der Waals surface area (Å²) in [7, 11) is 1.95. The monoisotopic (exact) mass is 630 g/mol. The molecule has 0 bridgehead atoms. The van der Waals surface area contributed by atoms with Crippen LogP contribution in [0.5, 0.6) is 0 Å². The highest BCUT2D eigenvalue weighted by atomic mass is 16.4. The molecule has 0 amide bonds. The minimum absolute atomic E-state index is 0.0275. The lowest BCUT2D eigenvalue weighted by molar-refractivity contribution is -0.133. The molecule has 1 atom stereocenters. The zero-order valence-corrected chi connectivity index (χ0v) is 27.3. The number of fused-ring (bicyclic) bond motifs is 1. The normalized spacial score (nSPS) is 19.7. The fraction of sp³-hybridized carbons (Fsp3) is 0.231. The number of benzene rings is 2. The van der Waals surface area contributed by atoms with E-state index >= 15 is 0 Å². The number of para-hydroxylation sites is 1. The van der Waals surface area contributed by atoms with Crippen LogP contribution in [0.3, 0.4) is 0 Å². The van der Waals surface area contributed by atoms with Gasteiger partial charge in [0, 0.05) is 29.5 Å². The van der Waals surface area contributed by atoms with Crippen LogP contribution < -0.4 is 16.4 Å². The molecule has 6 N–H and O–H groups in total. The smallest absolute Gasteiger partial charge is 0.335 e. The lowest BCUT2D eigenvalue weighted by Crippen LogP contribution is -2.35. The van der Waals surface area contributed by atoms with Gasteiger partial charge in [0.15, 0.2) is 0 Å². The van der Waals surface area contributed by atoms with Crippen LogP contribution in [-0.4, -0.2) is 40.1 Å². The second-order valence-corrected chi connectivity index (χ2v) is 12.4. The van der Waals surface area contributed by atoms with Crippen molar-refractivity contribution in [2.45, 2.75) is 51.5 Å². The van der Waals surface area contributed by atoms with Crippen molar-refractivity contribution in [3.05, 3.63) is 148 Å². The van der Waals surface area contributed by atoms with Gasteiger partial charge in [-0.25, -0.2) is 9.59 Å². The topological polar surface area (TPSA) is 133 Å². The SMILES string of the molecule is C\C=C(/C=C(N)/C(N)=C/C(=C\CC1C=C(c2ccc3c(c2)C(C)(C)C2=C(CCC=C2)N3c2ccccc2)C=CN1C)C(=O)O)C(=O)O. The zero-order valence-electron chi connectivity index (χ0n) is 27.3. The van der Waals surface area contributed by atoms with E-state index in [4.69, 9.17) is 11.5 Å². The number of hydrogen-bond donors (Lipinski definition) is 4. The first-order chi connectivity index (χ1) is 22.4. The summed E-state index contributed by atoms with van der Waals surface area (Å²) >= 11 is 0.